The Hall–Kier alpha value is -2.84. The molecule has 3 rings (SSSR count). The van der Waals surface area contributed by atoms with Crippen molar-refractivity contribution < 1.29 is 22.4 Å². The summed E-state index contributed by atoms with van der Waals surface area (Å²) < 4.78 is 37.7. The minimum Gasteiger partial charge on any atom is -0.497 e. The predicted molar refractivity (Wildman–Crippen MR) is 126 cm³/mol. The number of amides is 1. The third-order valence-corrected chi connectivity index (χ3v) is 7.63. The molecule has 1 aromatic carbocycles. The molecular weight excluding hydrogens is 428 g/mol. The van der Waals surface area contributed by atoms with Crippen LogP contribution in [-0.4, -0.2) is 45.4 Å². The van der Waals surface area contributed by atoms with E-state index in [2.05, 4.69) is 11.9 Å². The zero-order chi connectivity index (χ0) is 23.3. The number of benzene rings is 1. The number of hydrogen-bond donors (Lipinski definition) is 1. The first kappa shape index (κ1) is 23.8. The Morgan fingerprint density at radius 1 is 1.28 bits per heavy atom. The monoisotopic (exact) mass is 458 g/mol. The SMILES string of the molecule is C=C/C(=C\C=C(/C)S(=O)(=O)N1CCCC1)CNC(=O)Cc1c(C)oc2ccc(OC)cc12. The maximum Gasteiger partial charge on any atom is 0.238 e. The third-order valence-electron chi connectivity index (χ3n) is 5.63. The maximum absolute atomic E-state index is 12.6. The molecule has 0 unspecified atom stereocenters. The van der Waals surface area contributed by atoms with Gasteiger partial charge in [0.1, 0.15) is 17.1 Å². The molecule has 1 N–H and O–H groups in total. The second kappa shape index (κ2) is 10.2. The number of methoxy groups -OCH3 is 1. The fraction of sp³-hybridized carbons (Fsp3) is 0.375. The van der Waals surface area contributed by atoms with Crippen molar-refractivity contribution in [3.05, 3.63) is 64.8 Å². The second-order valence-electron chi connectivity index (χ2n) is 7.79. The van der Waals surface area contributed by atoms with E-state index >= 15 is 0 Å². The van der Waals surface area contributed by atoms with E-state index in [9.17, 15) is 13.2 Å². The molecule has 0 radical (unpaired) electrons. The fourth-order valence-electron chi connectivity index (χ4n) is 3.66. The van der Waals surface area contributed by atoms with Crippen LogP contribution in [0.5, 0.6) is 5.75 Å². The van der Waals surface area contributed by atoms with Crippen LogP contribution in [0.15, 0.2) is 57.9 Å². The molecule has 0 atom stereocenters. The quantitative estimate of drug-likeness (QED) is 0.577. The molecule has 2 heterocycles. The van der Waals surface area contributed by atoms with Crippen LogP contribution >= 0.6 is 0 Å². The van der Waals surface area contributed by atoms with E-state index in [0.717, 1.165) is 23.8 Å². The van der Waals surface area contributed by atoms with Crippen molar-refractivity contribution in [1.29, 1.82) is 0 Å². The molecule has 7 nitrogen and oxygen atoms in total. The van der Waals surface area contributed by atoms with Gasteiger partial charge in [0.25, 0.3) is 0 Å². The number of carbonyl (C=O) groups is 1. The Balaban J connectivity index is 1.66. The van der Waals surface area contributed by atoms with Crippen LogP contribution < -0.4 is 10.1 Å². The van der Waals surface area contributed by atoms with E-state index in [1.54, 1.807) is 32.3 Å². The molecular formula is C24H30N2O5S. The van der Waals surface area contributed by atoms with Gasteiger partial charge in [-0.1, -0.05) is 18.7 Å². The first-order chi connectivity index (χ1) is 15.3. The molecule has 1 aliphatic heterocycles. The summed E-state index contributed by atoms with van der Waals surface area (Å²) >= 11 is 0. The summed E-state index contributed by atoms with van der Waals surface area (Å²) in [6, 6.07) is 5.50. The smallest absolute Gasteiger partial charge is 0.238 e. The number of furan rings is 1. The summed E-state index contributed by atoms with van der Waals surface area (Å²) in [7, 11) is -1.84. The molecule has 0 bridgehead atoms. The lowest BCUT2D eigenvalue weighted by Gasteiger charge is -2.15. The molecule has 0 spiro atoms. The minimum absolute atomic E-state index is 0.161. The van der Waals surface area contributed by atoms with Crippen molar-refractivity contribution in [1.82, 2.24) is 9.62 Å². The maximum atomic E-state index is 12.6. The van der Waals surface area contributed by atoms with E-state index < -0.39 is 10.0 Å². The van der Waals surface area contributed by atoms with Gasteiger partial charge in [0, 0.05) is 30.6 Å². The molecule has 32 heavy (non-hydrogen) atoms. The molecule has 1 fully saturated rings. The normalized spacial score (nSPS) is 15.8. The summed E-state index contributed by atoms with van der Waals surface area (Å²) in [5.74, 6) is 1.22. The Morgan fingerprint density at radius 3 is 2.66 bits per heavy atom. The molecule has 1 aromatic heterocycles. The Morgan fingerprint density at radius 2 is 2.00 bits per heavy atom. The molecule has 1 aliphatic rings. The largest absolute Gasteiger partial charge is 0.497 e. The molecule has 172 valence electrons. The van der Waals surface area contributed by atoms with Crippen LogP contribution in [0.3, 0.4) is 0 Å². The first-order valence-corrected chi connectivity index (χ1v) is 12.0. The van der Waals surface area contributed by atoms with Crippen molar-refractivity contribution in [2.45, 2.75) is 33.1 Å². The summed E-state index contributed by atoms with van der Waals surface area (Å²) in [6.07, 6.45) is 6.80. The van der Waals surface area contributed by atoms with Gasteiger partial charge in [-0.2, -0.15) is 4.31 Å². The first-order valence-electron chi connectivity index (χ1n) is 10.6. The highest BCUT2D eigenvalue weighted by Crippen LogP contribution is 2.29. The molecule has 2 aromatic rings. The minimum atomic E-state index is -3.43. The number of fused-ring (bicyclic) bond motifs is 1. The number of nitrogens with one attached hydrogen (secondary N) is 1. The number of ether oxygens (including phenoxy) is 1. The summed E-state index contributed by atoms with van der Waals surface area (Å²) in [5, 5.41) is 3.72. The van der Waals surface area contributed by atoms with Crippen molar-refractivity contribution >= 4 is 26.9 Å². The van der Waals surface area contributed by atoms with Crippen LogP contribution in [0.25, 0.3) is 11.0 Å². The standard InChI is InChI=1S/C24H30N2O5S/c1-5-19(9-8-17(2)32(28,29)26-12-6-7-13-26)16-25-24(27)15-21-18(3)31-23-11-10-20(30-4)14-22(21)23/h5,8-11,14H,1,6-7,12-13,15-16H2,2-4H3,(H,25,27)/b17-8+,19-9+. The summed E-state index contributed by atoms with van der Waals surface area (Å²) in [4.78, 5) is 12.9. The van der Waals surface area contributed by atoms with Gasteiger partial charge < -0.3 is 14.5 Å². The summed E-state index contributed by atoms with van der Waals surface area (Å²) in [5.41, 5.74) is 2.23. The lowest BCUT2D eigenvalue weighted by Crippen LogP contribution is -2.28. The van der Waals surface area contributed by atoms with Gasteiger partial charge in [-0.3, -0.25) is 4.79 Å². The second-order valence-corrected chi connectivity index (χ2v) is 9.90. The molecule has 8 heteroatoms. The molecule has 1 saturated heterocycles. The Labute approximate surface area is 189 Å². The molecule has 0 saturated carbocycles. The lowest BCUT2D eigenvalue weighted by molar-refractivity contribution is -0.120. The van der Waals surface area contributed by atoms with E-state index in [4.69, 9.17) is 9.15 Å². The lowest BCUT2D eigenvalue weighted by atomic mass is 10.1. The highest BCUT2D eigenvalue weighted by atomic mass is 32.2. The highest BCUT2D eigenvalue weighted by molar-refractivity contribution is 7.93. The van der Waals surface area contributed by atoms with E-state index in [1.807, 2.05) is 25.1 Å². The van der Waals surface area contributed by atoms with E-state index in [1.165, 1.54) is 4.31 Å². The van der Waals surface area contributed by atoms with Crippen LogP contribution in [0.2, 0.25) is 0 Å². The van der Waals surface area contributed by atoms with Crippen LogP contribution in [0.4, 0.5) is 0 Å². The highest BCUT2D eigenvalue weighted by Gasteiger charge is 2.26. The number of hydrogen-bond acceptors (Lipinski definition) is 5. The van der Waals surface area contributed by atoms with Gasteiger partial charge >= 0.3 is 0 Å². The van der Waals surface area contributed by atoms with Crippen molar-refractivity contribution in [3.8, 4) is 5.75 Å². The van der Waals surface area contributed by atoms with Gasteiger partial charge in [0.15, 0.2) is 0 Å². The molecule has 0 aliphatic carbocycles. The topological polar surface area (TPSA) is 88.9 Å². The number of sulfonamides is 1. The van der Waals surface area contributed by atoms with Crippen molar-refractivity contribution in [3.63, 3.8) is 0 Å². The third kappa shape index (κ3) is 5.31. The van der Waals surface area contributed by atoms with Crippen LogP contribution in [0, 0.1) is 6.92 Å². The van der Waals surface area contributed by atoms with Crippen LogP contribution in [-0.2, 0) is 21.2 Å². The summed E-state index contributed by atoms with van der Waals surface area (Å²) in [6.45, 7) is 8.56. The number of rotatable bonds is 9. The van der Waals surface area contributed by atoms with Gasteiger partial charge in [-0.25, -0.2) is 8.42 Å². The number of nitrogens with zero attached hydrogens (tertiary/aromatic N) is 1. The fourth-order valence-corrected chi connectivity index (χ4v) is 5.05. The number of allylic oxidation sites excluding steroid dienone is 3. The van der Waals surface area contributed by atoms with Crippen LogP contribution in [0.1, 0.15) is 31.1 Å². The number of aryl methyl sites for hydroxylation is 1. The van der Waals surface area contributed by atoms with Gasteiger partial charge in [-0.15, -0.1) is 0 Å². The van der Waals surface area contributed by atoms with Gasteiger partial charge in [0.2, 0.25) is 15.9 Å². The van der Waals surface area contributed by atoms with E-state index in [0.29, 0.717) is 35.8 Å². The Bertz CT molecular complexity index is 1170. The van der Waals surface area contributed by atoms with Crippen molar-refractivity contribution in [2.75, 3.05) is 26.7 Å². The van der Waals surface area contributed by atoms with Gasteiger partial charge in [0.05, 0.1) is 18.4 Å². The average Bonchev–Trinajstić information content (AvgIpc) is 3.42. The average molecular weight is 459 g/mol. The Kier molecular flexibility index (Phi) is 7.58. The van der Waals surface area contributed by atoms with Crippen molar-refractivity contribution in [2.24, 2.45) is 0 Å². The predicted octanol–water partition coefficient (Wildman–Crippen LogP) is 3.85. The number of carbonyl (C=O) groups excluding carboxylic acids is 1. The zero-order valence-electron chi connectivity index (χ0n) is 18.8. The zero-order valence-corrected chi connectivity index (χ0v) is 19.6. The van der Waals surface area contributed by atoms with E-state index in [-0.39, 0.29) is 23.8 Å². The van der Waals surface area contributed by atoms with Gasteiger partial charge in [-0.05, 0) is 56.5 Å². The molecule has 1 amide bonds.